The summed E-state index contributed by atoms with van der Waals surface area (Å²) in [4.78, 5) is 0. The first-order chi connectivity index (χ1) is 5.85. The molecule has 0 bridgehead atoms. The minimum absolute atomic E-state index is 0.679. The van der Waals surface area contributed by atoms with E-state index in [9.17, 15) is 0 Å². The van der Waals surface area contributed by atoms with E-state index in [0.717, 1.165) is 32.1 Å². The van der Waals surface area contributed by atoms with Gasteiger partial charge in [-0.25, -0.2) is 0 Å². The Hall–Kier alpha value is -0.120. The Morgan fingerprint density at radius 1 is 1.08 bits per heavy atom. The van der Waals surface area contributed by atoms with E-state index in [1.165, 1.54) is 0 Å². The SMILES string of the molecule is CCO[C](CCCCN)OCC. The molecule has 0 aromatic rings. The quantitative estimate of drug-likeness (QED) is 0.569. The van der Waals surface area contributed by atoms with Gasteiger partial charge in [-0.3, -0.25) is 0 Å². The molecule has 0 aromatic heterocycles. The average molecular weight is 174 g/mol. The molecule has 0 atom stereocenters. The lowest BCUT2D eigenvalue weighted by Gasteiger charge is -2.13. The normalized spacial score (nSPS) is 11.0. The van der Waals surface area contributed by atoms with E-state index < -0.39 is 0 Å². The van der Waals surface area contributed by atoms with Crippen LogP contribution in [0, 0.1) is 6.29 Å². The van der Waals surface area contributed by atoms with E-state index >= 15 is 0 Å². The van der Waals surface area contributed by atoms with Crippen molar-refractivity contribution in [3.8, 4) is 0 Å². The van der Waals surface area contributed by atoms with Crippen molar-refractivity contribution in [2.45, 2.75) is 33.1 Å². The minimum Gasteiger partial charge on any atom is -0.346 e. The van der Waals surface area contributed by atoms with E-state index in [-0.39, 0.29) is 0 Å². The summed E-state index contributed by atoms with van der Waals surface area (Å²) in [7, 11) is 0. The van der Waals surface area contributed by atoms with E-state index in [0.29, 0.717) is 13.2 Å². The molecule has 0 unspecified atom stereocenters. The van der Waals surface area contributed by atoms with Gasteiger partial charge in [0.1, 0.15) is 0 Å². The molecule has 0 spiro atoms. The molecule has 0 saturated heterocycles. The highest BCUT2D eigenvalue weighted by Gasteiger charge is 2.08. The van der Waals surface area contributed by atoms with Crippen molar-refractivity contribution in [3.05, 3.63) is 6.29 Å². The molecule has 3 nitrogen and oxygen atoms in total. The summed E-state index contributed by atoms with van der Waals surface area (Å²) in [6, 6.07) is 0. The Kier molecular flexibility index (Phi) is 8.88. The first-order valence-electron chi connectivity index (χ1n) is 4.66. The average Bonchev–Trinajstić information content (AvgIpc) is 2.06. The zero-order valence-electron chi connectivity index (χ0n) is 8.14. The highest BCUT2D eigenvalue weighted by atomic mass is 16.7. The summed E-state index contributed by atoms with van der Waals surface area (Å²) in [5.41, 5.74) is 5.37. The molecule has 0 heterocycles. The van der Waals surface area contributed by atoms with E-state index in [4.69, 9.17) is 15.2 Å². The van der Waals surface area contributed by atoms with Gasteiger partial charge in [0.05, 0.1) is 0 Å². The maximum Gasteiger partial charge on any atom is 0.223 e. The zero-order valence-corrected chi connectivity index (χ0v) is 8.14. The summed E-state index contributed by atoms with van der Waals surface area (Å²) >= 11 is 0. The van der Waals surface area contributed by atoms with Crippen LogP contribution >= 0.6 is 0 Å². The van der Waals surface area contributed by atoms with Crippen LogP contribution in [0.4, 0.5) is 0 Å². The molecule has 0 aliphatic heterocycles. The standard InChI is InChI=1S/C9H20NO2/c1-3-11-9(12-4-2)7-5-6-8-10/h3-8,10H2,1-2H3. The Balaban J connectivity index is 3.34. The van der Waals surface area contributed by atoms with Crippen molar-refractivity contribution in [2.24, 2.45) is 5.73 Å². The fraction of sp³-hybridized carbons (Fsp3) is 0.889. The van der Waals surface area contributed by atoms with Crippen LogP contribution in [-0.2, 0) is 9.47 Å². The number of rotatable bonds is 8. The Morgan fingerprint density at radius 3 is 2.08 bits per heavy atom. The second-order valence-electron chi connectivity index (χ2n) is 2.48. The molecule has 0 saturated carbocycles. The monoisotopic (exact) mass is 174 g/mol. The summed E-state index contributed by atoms with van der Waals surface area (Å²) < 4.78 is 10.6. The largest absolute Gasteiger partial charge is 0.346 e. The maximum absolute atomic E-state index is 5.37. The van der Waals surface area contributed by atoms with E-state index in [1.54, 1.807) is 0 Å². The lowest BCUT2D eigenvalue weighted by molar-refractivity contribution is -0.0432. The van der Waals surface area contributed by atoms with Crippen molar-refractivity contribution < 1.29 is 9.47 Å². The van der Waals surface area contributed by atoms with Crippen LogP contribution in [0.1, 0.15) is 33.1 Å². The third-order valence-corrected chi connectivity index (χ3v) is 1.45. The lowest BCUT2D eigenvalue weighted by Crippen LogP contribution is -2.09. The fourth-order valence-corrected chi connectivity index (χ4v) is 0.922. The number of nitrogens with two attached hydrogens (primary N) is 1. The third kappa shape index (κ3) is 6.58. The topological polar surface area (TPSA) is 44.5 Å². The van der Waals surface area contributed by atoms with E-state index in [2.05, 4.69) is 0 Å². The van der Waals surface area contributed by atoms with Crippen LogP contribution in [0.2, 0.25) is 0 Å². The smallest absolute Gasteiger partial charge is 0.223 e. The van der Waals surface area contributed by atoms with Crippen molar-refractivity contribution in [1.29, 1.82) is 0 Å². The summed E-state index contributed by atoms with van der Waals surface area (Å²) in [6.07, 6.45) is 3.71. The van der Waals surface area contributed by atoms with Gasteiger partial charge in [0.25, 0.3) is 0 Å². The Labute approximate surface area is 75.2 Å². The molecule has 0 fully saturated rings. The van der Waals surface area contributed by atoms with Crippen molar-refractivity contribution >= 4 is 0 Å². The van der Waals surface area contributed by atoms with Gasteiger partial charge < -0.3 is 15.2 Å². The predicted molar refractivity (Wildman–Crippen MR) is 49.4 cm³/mol. The predicted octanol–water partition coefficient (Wildman–Crippen LogP) is 1.68. The second-order valence-corrected chi connectivity index (χ2v) is 2.48. The lowest BCUT2D eigenvalue weighted by atomic mass is 10.2. The van der Waals surface area contributed by atoms with Gasteiger partial charge in [0.15, 0.2) is 0 Å². The highest BCUT2D eigenvalue weighted by Crippen LogP contribution is 2.13. The number of ether oxygens (including phenoxy) is 2. The summed E-state index contributed by atoms with van der Waals surface area (Å²) in [6.45, 7) is 6.02. The summed E-state index contributed by atoms with van der Waals surface area (Å²) in [5.74, 6) is 0. The van der Waals surface area contributed by atoms with Gasteiger partial charge in [-0.2, -0.15) is 0 Å². The van der Waals surface area contributed by atoms with Crippen LogP contribution in [0.15, 0.2) is 0 Å². The van der Waals surface area contributed by atoms with Crippen LogP contribution in [0.25, 0.3) is 0 Å². The molecule has 2 N–H and O–H groups in total. The zero-order chi connectivity index (χ0) is 9.23. The van der Waals surface area contributed by atoms with Crippen LogP contribution < -0.4 is 5.73 Å². The molecule has 0 aliphatic rings. The number of hydrogen-bond acceptors (Lipinski definition) is 3. The van der Waals surface area contributed by atoms with E-state index in [1.807, 2.05) is 13.8 Å². The Bertz CT molecular complexity index is 82.6. The van der Waals surface area contributed by atoms with Crippen molar-refractivity contribution in [3.63, 3.8) is 0 Å². The van der Waals surface area contributed by atoms with Gasteiger partial charge in [-0.05, 0) is 33.2 Å². The second kappa shape index (κ2) is 8.97. The number of unbranched alkanes of at least 4 members (excludes halogenated alkanes) is 1. The van der Waals surface area contributed by atoms with Gasteiger partial charge in [0, 0.05) is 19.6 Å². The molecular weight excluding hydrogens is 154 g/mol. The van der Waals surface area contributed by atoms with Crippen molar-refractivity contribution in [2.75, 3.05) is 19.8 Å². The number of hydrogen-bond donors (Lipinski definition) is 1. The van der Waals surface area contributed by atoms with Crippen LogP contribution in [-0.4, -0.2) is 19.8 Å². The molecule has 0 aromatic carbocycles. The van der Waals surface area contributed by atoms with Crippen LogP contribution in [0.3, 0.4) is 0 Å². The molecule has 0 amide bonds. The van der Waals surface area contributed by atoms with Gasteiger partial charge in [0.2, 0.25) is 6.29 Å². The summed E-state index contributed by atoms with van der Waals surface area (Å²) in [5, 5.41) is 0. The maximum atomic E-state index is 5.37. The highest BCUT2D eigenvalue weighted by molar-refractivity contribution is 4.64. The van der Waals surface area contributed by atoms with Crippen LogP contribution in [0.5, 0.6) is 0 Å². The molecule has 0 aliphatic carbocycles. The molecule has 3 heteroatoms. The first-order valence-corrected chi connectivity index (χ1v) is 4.66. The molecular formula is C9H20NO2. The first kappa shape index (κ1) is 11.9. The van der Waals surface area contributed by atoms with Gasteiger partial charge in [-0.1, -0.05) is 0 Å². The Morgan fingerprint density at radius 2 is 1.67 bits per heavy atom. The fourth-order valence-electron chi connectivity index (χ4n) is 0.922. The minimum atomic E-state index is 0.679. The third-order valence-electron chi connectivity index (χ3n) is 1.45. The van der Waals surface area contributed by atoms with Crippen molar-refractivity contribution in [1.82, 2.24) is 0 Å². The molecule has 0 rings (SSSR count). The molecule has 12 heavy (non-hydrogen) atoms. The van der Waals surface area contributed by atoms with Gasteiger partial charge in [-0.15, -0.1) is 0 Å². The van der Waals surface area contributed by atoms with Gasteiger partial charge >= 0.3 is 0 Å². The molecule has 1 radical (unpaired) electrons. The molecule has 73 valence electrons.